The van der Waals surface area contributed by atoms with E-state index in [1.807, 2.05) is 0 Å². The maximum Gasteiger partial charge on any atom is 0.124 e. The molecule has 0 atom stereocenters. The summed E-state index contributed by atoms with van der Waals surface area (Å²) < 4.78 is 0. The molecule has 0 aromatic heterocycles. The highest BCUT2D eigenvalue weighted by Gasteiger charge is 2.25. The molecule has 92 valence electrons. The largest absolute Gasteiger partial charge is 0.337 e. The fraction of sp³-hybridized carbons (Fsp3) is 0.714. The second kappa shape index (κ2) is 7.07. The van der Waals surface area contributed by atoms with E-state index in [0.717, 1.165) is 0 Å². The number of rotatable bonds is 8. The van der Waals surface area contributed by atoms with Crippen LogP contribution < -0.4 is 4.98 Å². The molecule has 0 radical (unpaired) electrons. The van der Waals surface area contributed by atoms with Gasteiger partial charge in [-0.2, -0.15) is 0 Å². The van der Waals surface area contributed by atoms with Gasteiger partial charge in [0.2, 0.25) is 0 Å². The third-order valence-corrected chi connectivity index (χ3v) is 9.13. The molecule has 1 rings (SSSR count). The Balaban J connectivity index is 2.17. The third kappa shape index (κ3) is 3.91. The molecule has 0 aromatic rings. The van der Waals surface area contributed by atoms with Crippen molar-refractivity contribution < 1.29 is 0 Å². The van der Waals surface area contributed by atoms with Gasteiger partial charge >= 0.3 is 0 Å². The Kier molecular flexibility index (Phi) is 6.07. The maximum absolute atomic E-state index is 3.90. The third-order valence-electron chi connectivity index (χ3n) is 4.07. The smallest absolute Gasteiger partial charge is 0.124 e. The summed E-state index contributed by atoms with van der Waals surface area (Å²) in [5.41, 5.74) is 0. The van der Waals surface area contributed by atoms with Gasteiger partial charge in [-0.3, -0.25) is 0 Å². The van der Waals surface area contributed by atoms with Crippen LogP contribution in [-0.2, 0) is 0 Å². The van der Waals surface area contributed by atoms with Gasteiger partial charge in [0.15, 0.2) is 0 Å². The molecule has 0 spiro atoms. The Morgan fingerprint density at radius 2 is 1.56 bits per heavy atom. The Hall–Kier alpha value is -0.343. The molecule has 0 aliphatic heterocycles. The lowest BCUT2D eigenvalue weighted by Crippen LogP contribution is -2.49. The number of hydrogen-bond donors (Lipinski definition) is 1. The van der Waals surface area contributed by atoms with Crippen molar-refractivity contribution in [3.63, 3.8) is 0 Å². The Labute approximate surface area is 102 Å². The van der Waals surface area contributed by atoms with Gasteiger partial charge in [-0.25, -0.2) is 0 Å². The van der Waals surface area contributed by atoms with Crippen LogP contribution in [-0.4, -0.2) is 14.8 Å². The summed E-state index contributed by atoms with van der Waals surface area (Å²) >= 11 is 0. The molecule has 0 saturated carbocycles. The molecular weight excluding hydrogens is 210 g/mol. The Bertz CT molecular complexity index is 221. The van der Waals surface area contributed by atoms with E-state index in [2.05, 4.69) is 50.1 Å². The summed E-state index contributed by atoms with van der Waals surface area (Å²) in [7, 11) is -1.08. The topological polar surface area (TPSA) is 12.0 Å². The van der Waals surface area contributed by atoms with E-state index in [1.54, 1.807) is 0 Å². The van der Waals surface area contributed by atoms with E-state index in [9.17, 15) is 0 Å². The average Bonchev–Trinajstić information content (AvgIpc) is 2.83. The first-order valence-corrected chi connectivity index (χ1v) is 9.48. The van der Waals surface area contributed by atoms with Gasteiger partial charge in [0.1, 0.15) is 8.24 Å². The van der Waals surface area contributed by atoms with Gasteiger partial charge in [-0.05, 0) is 43.4 Å². The standard InChI is InChI=1S/C14H27NSi/c1-4-16(5-2,6-3)15-13-9-12-14-10-7-8-11-14/h7-8,10-11,14-15H,4-6,9,12-13H2,1-3H3. The van der Waals surface area contributed by atoms with Crippen LogP contribution in [0.1, 0.15) is 33.6 Å². The number of nitrogens with one attached hydrogen (secondary N) is 1. The monoisotopic (exact) mass is 237 g/mol. The van der Waals surface area contributed by atoms with Crippen LogP contribution in [0.5, 0.6) is 0 Å². The molecule has 1 aliphatic rings. The molecule has 1 N–H and O–H groups in total. The lowest BCUT2D eigenvalue weighted by molar-refractivity contribution is 0.642. The molecule has 0 saturated heterocycles. The van der Waals surface area contributed by atoms with Crippen molar-refractivity contribution in [1.29, 1.82) is 0 Å². The van der Waals surface area contributed by atoms with Crippen molar-refractivity contribution in [1.82, 2.24) is 4.98 Å². The first-order valence-electron chi connectivity index (χ1n) is 6.86. The summed E-state index contributed by atoms with van der Waals surface area (Å²) in [6.45, 7) is 8.29. The zero-order chi connectivity index (χ0) is 11.9. The van der Waals surface area contributed by atoms with Gasteiger partial charge in [0.05, 0.1) is 0 Å². The van der Waals surface area contributed by atoms with E-state index in [-0.39, 0.29) is 0 Å². The van der Waals surface area contributed by atoms with Crippen LogP contribution in [0.25, 0.3) is 0 Å². The maximum atomic E-state index is 3.90. The van der Waals surface area contributed by atoms with Crippen molar-refractivity contribution in [2.45, 2.75) is 51.7 Å². The summed E-state index contributed by atoms with van der Waals surface area (Å²) in [4.78, 5) is 3.90. The normalized spacial score (nSPS) is 16.2. The molecule has 0 heterocycles. The van der Waals surface area contributed by atoms with Crippen molar-refractivity contribution >= 4 is 8.24 Å². The van der Waals surface area contributed by atoms with E-state index in [0.29, 0.717) is 5.92 Å². The van der Waals surface area contributed by atoms with Gasteiger partial charge < -0.3 is 4.98 Å². The van der Waals surface area contributed by atoms with Crippen molar-refractivity contribution in [3.8, 4) is 0 Å². The van der Waals surface area contributed by atoms with Crippen LogP contribution in [0.15, 0.2) is 24.3 Å². The Morgan fingerprint density at radius 3 is 2.06 bits per heavy atom. The van der Waals surface area contributed by atoms with Crippen molar-refractivity contribution in [2.75, 3.05) is 6.54 Å². The summed E-state index contributed by atoms with van der Waals surface area (Å²) in [6.07, 6.45) is 11.6. The minimum absolute atomic E-state index is 0.711. The molecule has 2 heteroatoms. The highest BCUT2D eigenvalue weighted by atomic mass is 28.3. The second-order valence-electron chi connectivity index (χ2n) is 4.84. The van der Waals surface area contributed by atoms with Gasteiger partial charge in [0, 0.05) is 0 Å². The van der Waals surface area contributed by atoms with Crippen molar-refractivity contribution in [2.24, 2.45) is 5.92 Å². The summed E-state index contributed by atoms with van der Waals surface area (Å²) in [6, 6.07) is 4.13. The first-order chi connectivity index (χ1) is 7.76. The Morgan fingerprint density at radius 1 is 1.00 bits per heavy atom. The van der Waals surface area contributed by atoms with E-state index < -0.39 is 8.24 Å². The summed E-state index contributed by atoms with van der Waals surface area (Å²) in [5.74, 6) is 0.711. The van der Waals surface area contributed by atoms with Gasteiger partial charge in [-0.1, -0.05) is 45.1 Å². The molecule has 0 amide bonds. The molecule has 1 nitrogen and oxygen atoms in total. The summed E-state index contributed by atoms with van der Waals surface area (Å²) in [5, 5.41) is 0. The first kappa shape index (κ1) is 13.7. The molecular formula is C14H27NSi. The van der Waals surface area contributed by atoms with Crippen LogP contribution in [0.3, 0.4) is 0 Å². The second-order valence-corrected chi connectivity index (χ2v) is 9.88. The fourth-order valence-electron chi connectivity index (χ4n) is 2.49. The zero-order valence-corrected chi connectivity index (χ0v) is 12.1. The molecule has 0 fully saturated rings. The number of allylic oxidation sites excluding steroid dienone is 4. The fourth-order valence-corrected chi connectivity index (χ4v) is 5.44. The molecule has 1 aliphatic carbocycles. The predicted octanol–water partition coefficient (Wildman–Crippen LogP) is 4.10. The number of hydrogen-bond acceptors (Lipinski definition) is 1. The minimum Gasteiger partial charge on any atom is -0.337 e. The lowest BCUT2D eigenvalue weighted by atomic mass is 10.1. The average molecular weight is 237 g/mol. The van der Waals surface area contributed by atoms with Crippen LogP contribution >= 0.6 is 0 Å². The SMILES string of the molecule is CC[Si](CC)(CC)NCCCC1C=CC=C1. The minimum atomic E-state index is -1.08. The zero-order valence-electron chi connectivity index (χ0n) is 11.1. The predicted molar refractivity (Wildman–Crippen MR) is 76.2 cm³/mol. The highest BCUT2D eigenvalue weighted by molar-refractivity contribution is 6.77. The molecule has 0 aromatic carbocycles. The highest BCUT2D eigenvalue weighted by Crippen LogP contribution is 2.18. The quantitative estimate of drug-likeness (QED) is 0.495. The molecule has 0 unspecified atom stereocenters. The van der Waals surface area contributed by atoms with Gasteiger partial charge in [0.25, 0.3) is 0 Å². The molecule has 16 heavy (non-hydrogen) atoms. The van der Waals surface area contributed by atoms with Gasteiger partial charge in [-0.15, -0.1) is 0 Å². The van der Waals surface area contributed by atoms with Crippen molar-refractivity contribution in [3.05, 3.63) is 24.3 Å². The van der Waals surface area contributed by atoms with E-state index in [1.165, 1.54) is 37.5 Å². The van der Waals surface area contributed by atoms with E-state index in [4.69, 9.17) is 0 Å². The molecule has 0 bridgehead atoms. The van der Waals surface area contributed by atoms with E-state index >= 15 is 0 Å². The lowest BCUT2D eigenvalue weighted by Gasteiger charge is -2.29. The van der Waals surface area contributed by atoms with Crippen LogP contribution in [0.4, 0.5) is 0 Å². The van der Waals surface area contributed by atoms with Crippen LogP contribution in [0, 0.1) is 5.92 Å². The van der Waals surface area contributed by atoms with Crippen LogP contribution in [0.2, 0.25) is 18.1 Å².